The van der Waals surface area contributed by atoms with Gasteiger partial charge in [0.1, 0.15) is 0 Å². The first-order chi connectivity index (χ1) is 10.3. The topological polar surface area (TPSA) is 89.3 Å². The summed E-state index contributed by atoms with van der Waals surface area (Å²) in [6.45, 7) is 1.63. The summed E-state index contributed by atoms with van der Waals surface area (Å²) in [5.41, 5.74) is 1.42. The average Bonchev–Trinajstić information content (AvgIpc) is 2.47. The summed E-state index contributed by atoms with van der Waals surface area (Å²) in [6, 6.07) is 11.8. The lowest BCUT2D eigenvalue weighted by Gasteiger charge is -2.10. The highest BCUT2D eigenvalue weighted by molar-refractivity contribution is 7.98. The fraction of sp³-hybridized carbons (Fsp3) is 0.133. The Morgan fingerprint density at radius 1 is 1.18 bits per heavy atom. The Morgan fingerprint density at radius 3 is 2.50 bits per heavy atom. The number of carbonyl (C=O) groups excluding carboxylic acids is 1. The summed E-state index contributed by atoms with van der Waals surface area (Å²) in [5, 5.41) is 7.94. The average molecular weight is 336 g/mol. The molecule has 22 heavy (non-hydrogen) atoms. The van der Waals surface area contributed by atoms with Gasteiger partial charge in [-0.2, -0.15) is 0 Å². The van der Waals surface area contributed by atoms with E-state index in [0.717, 1.165) is 4.90 Å². The molecule has 0 aromatic heterocycles. The molecule has 2 aromatic carbocycles. The van der Waals surface area contributed by atoms with Crippen LogP contribution in [0.15, 0.2) is 52.3 Å². The van der Waals surface area contributed by atoms with Gasteiger partial charge in [0, 0.05) is 10.5 Å². The van der Waals surface area contributed by atoms with E-state index in [2.05, 4.69) is 5.32 Å². The number of nitrogens with two attached hydrogens (primary N) is 1. The molecule has 7 heteroatoms. The van der Waals surface area contributed by atoms with Crippen molar-refractivity contribution in [3.63, 3.8) is 0 Å². The van der Waals surface area contributed by atoms with Crippen LogP contribution in [-0.2, 0) is 10.0 Å². The Bertz CT molecular complexity index is 817. The summed E-state index contributed by atoms with van der Waals surface area (Å²) in [4.78, 5) is 13.2. The first-order valence-corrected chi connectivity index (χ1v) is 9.18. The van der Waals surface area contributed by atoms with Gasteiger partial charge in [0.2, 0.25) is 10.0 Å². The lowest BCUT2D eigenvalue weighted by Crippen LogP contribution is -2.17. The number of carbonyl (C=O) groups is 1. The molecule has 0 bridgehead atoms. The SMILES string of the molecule is CSc1ccccc1NC(=O)c1ccc(C)c(S(N)(=O)=O)c1. The van der Waals surface area contributed by atoms with Crippen molar-refractivity contribution in [2.45, 2.75) is 16.7 Å². The maximum atomic E-state index is 12.3. The van der Waals surface area contributed by atoms with E-state index in [-0.39, 0.29) is 16.4 Å². The minimum Gasteiger partial charge on any atom is -0.321 e. The molecule has 2 rings (SSSR count). The highest BCUT2D eigenvalue weighted by atomic mass is 32.2. The summed E-state index contributed by atoms with van der Waals surface area (Å²) >= 11 is 1.51. The van der Waals surface area contributed by atoms with Gasteiger partial charge in [0.25, 0.3) is 5.91 Å². The second-order valence-corrected chi connectivity index (χ2v) is 7.06. The third kappa shape index (κ3) is 3.68. The van der Waals surface area contributed by atoms with Crippen molar-refractivity contribution in [1.29, 1.82) is 0 Å². The number of para-hydroxylation sites is 1. The second kappa shape index (κ2) is 6.51. The van der Waals surface area contributed by atoms with Gasteiger partial charge in [0.15, 0.2) is 0 Å². The molecule has 116 valence electrons. The number of aryl methyl sites for hydroxylation is 1. The Kier molecular flexibility index (Phi) is 4.90. The highest BCUT2D eigenvalue weighted by Crippen LogP contribution is 2.25. The first kappa shape index (κ1) is 16.5. The number of rotatable bonds is 4. The molecule has 0 aliphatic rings. The maximum absolute atomic E-state index is 12.3. The number of hydrogen-bond acceptors (Lipinski definition) is 4. The quantitative estimate of drug-likeness (QED) is 0.840. The van der Waals surface area contributed by atoms with Crippen LogP contribution in [0.3, 0.4) is 0 Å². The van der Waals surface area contributed by atoms with E-state index in [9.17, 15) is 13.2 Å². The van der Waals surface area contributed by atoms with Gasteiger partial charge < -0.3 is 5.32 Å². The van der Waals surface area contributed by atoms with Gasteiger partial charge in [-0.3, -0.25) is 4.79 Å². The lowest BCUT2D eigenvalue weighted by molar-refractivity contribution is 0.102. The molecule has 3 N–H and O–H groups in total. The molecule has 0 atom stereocenters. The molecule has 0 fully saturated rings. The second-order valence-electron chi connectivity index (χ2n) is 4.68. The number of sulfonamides is 1. The van der Waals surface area contributed by atoms with E-state index in [1.54, 1.807) is 25.1 Å². The number of anilines is 1. The lowest BCUT2D eigenvalue weighted by atomic mass is 10.1. The van der Waals surface area contributed by atoms with Crippen molar-refractivity contribution < 1.29 is 13.2 Å². The van der Waals surface area contributed by atoms with Crippen molar-refractivity contribution >= 4 is 33.4 Å². The van der Waals surface area contributed by atoms with Crippen molar-refractivity contribution in [1.82, 2.24) is 0 Å². The molecule has 5 nitrogen and oxygen atoms in total. The largest absolute Gasteiger partial charge is 0.321 e. The van der Waals surface area contributed by atoms with E-state index in [1.165, 1.54) is 17.8 Å². The van der Waals surface area contributed by atoms with Crippen LogP contribution in [0.5, 0.6) is 0 Å². The molecule has 0 saturated heterocycles. The van der Waals surface area contributed by atoms with Crippen LogP contribution in [0.1, 0.15) is 15.9 Å². The number of benzene rings is 2. The fourth-order valence-corrected chi connectivity index (χ4v) is 3.35. The van der Waals surface area contributed by atoms with Crippen LogP contribution in [0.4, 0.5) is 5.69 Å². The minimum absolute atomic E-state index is 0.0432. The predicted molar refractivity (Wildman–Crippen MR) is 88.7 cm³/mol. The van der Waals surface area contributed by atoms with Crippen molar-refractivity contribution in [3.8, 4) is 0 Å². The molecule has 2 aromatic rings. The molecule has 0 heterocycles. The molecule has 0 aliphatic carbocycles. The van der Waals surface area contributed by atoms with Crippen molar-refractivity contribution in [2.75, 3.05) is 11.6 Å². The number of thioether (sulfide) groups is 1. The summed E-state index contributed by atoms with van der Waals surface area (Å²) in [5.74, 6) is -0.383. The van der Waals surface area contributed by atoms with Gasteiger partial charge in [0.05, 0.1) is 10.6 Å². The zero-order valence-corrected chi connectivity index (χ0v) is 13.8. The summed E-state index contributed by atoms with van der Waals surface area (Å²) in [6.07, 6.45) is 1.91. The number of primary sulfonamides is 1. The number of hydrogen-bond donors (Lipinski definition) is 2. The van der Waals surface area contributed by atoms with Crippen molar-refractivity contribution in [2.24, 2.45) is 5.14 Å². The highest BCUT2D eigenvalue weighted by Gasteiger charge is 2.15. The van der Waals surface area contributed by atoms with Crippen LogP contribution in [0, 0.1) is 6.92 Å². The van der Waals surface area contributed by atoms with Crippen LogP contribution in [0.2, 0.25) is 0 Å². The van der Waals surface area contributed by atoms with E-state index >= 15 is 0 Å². The van der Waals surface area contributed by atoms with E-state index in [1.807, 2.05) is 24.5 Å². The molecular weight excluding hydrogens is 320 g/mol. The van der Waals surface area contributed by atoms with Gasteiger partial charge in [-0.05, 0) is 43.0 Å². The smallest absolute Gasteiger partial charge is 0.255 e. The zero-order valence-electron chi connectivity index (χ0n) is 12.2. The third-order valence-electron chi connectivity index (χ3n) is 3.11. The predicted octanol–water partition coefficient (Wildman–Crippen LogP) is 2.62. The molecule has 0 unspecified atom stereocenters. The molecule has 1 amide bonds. The van der Waals surface area contributed by atoms with Crippen LogP contribution in [0.25, 0.3) is 0 Å². The molecular formula is C15H16N2O3S2. The van der Waals surface area contributed by atoms with Crippen molar-refractivity contribution in [3.05, 3.63) is 53.6 Å². The molecule has 0 radical (unpaired) electrons. The van der Waals surface area contributed by atoms with Gasteiger partial charge in [-0.25, -0.2) is 13.6 Å². The van der Waals surface area contributed by atoms with Gasteiger partial charge >= 0.3 is 0 Å². The third-order valence-corrected chi connectivity index (χ3v) is 4.96. The van der Waals surface area contributed by atoms with Gasteiger partial charge in [-0.15, -0.1) is 11.8 Å². The number of nitrogens with one attached hydrogen (secondary N) is 1. The van der Waals surface area contributed by atoms with E-state index < -0.39 is 10.0 Å². The Balaban J connectivity index is 2.35. The Labute approximate surface area is 134 Å². The normalized spacial score (nSPS) is 11.2. The summed E-state index contributed by atoms with van der Waals surface area (Å²) in [7, 11) is -3.86. The van der Waals surface area contributed by atoms with E-state index in [0.29, 0.717) is 11.3 Å². The monoisotopic (exact) mass is 336 g/mol. The molecule has 0 saturated carbocycles. The van der Waals surface area contributed by atoms with Crippen LogP contribution in [-0.4, -0.2) is 20.6 Å². The molecule has 0 aliphatic heterocycles. The minimum atomic E-state index is -3.86. The maximum Gasteiger partial charge on any atom is 0.255 e. The zero-order chi connectivity index (χ0) is 16.3. The Hall–Kier alpha value is -1.83. The molecule has 0 spiro atoms. The Morgan fingerprint density at radius 2 is 1.86 bits per heavy atom. The first-order valence-electron chi connectivity index (χ1n) is 6.41. The van der Waals surface area contributed by atoms with Gasteiger partial charge in [-0.1, -0.05) is 18.2 Å². The standard InChI is InChI=1S/C15H16N2O3S2/c1-10-7-8-11(9-14(10)22(16,19)20)15(18)17-12-5-3-4-6-13(12)21-2/h3-9H,1-2H3,(H,17,18)(H2,16,19,20). The van der Waals surface area contributed by atoms with E-state index in [4.69, 9.17) is 5.14 Å². The number of amides is 1. The summed E-state index contributed by atoms with van der Waals surface area (Å²) < 4.78 is 23.1. The van der Waals surface area contributed by atoms with Crippen LogP contribution < -0.4 is 10.5 Å². The fourth-order valence-electron chi connectivity index (χ4n) is 1.99. The van der Waals surface area contributed by atoms with Crippen LogP contribution >= 0.6 is 11.8 Å².